The molecule has 4 heteroatoms. The van der Waals surface area contributed by atoms with E-state index in [1.54, 1.807) is 7.11 Å². The van der Waals surface area contributed by atoms with Gasteiger partial charge in [-0.05, 0) is 38.1 Å². The Bertz CT molecular complexity index is 449. The van der Waals surface area contributed by atoms with Gasteiger partial charge in [-0.3, -0.25) is 0 Å². The molecule has 0 N–H and O–H groups in total. The standard InChI is InChI=1S/C16H25N3O/c1-17-9-11-19(12-10-17)15-13-14(5-6-16(15)20-2)18-7-3-4-8-18/h5-6,13H,3-4,7-12H2,1-2H3. The first-order valence-corrected chi connectivity index (χ1v) is 7.64. The fourth-order valence-corrected chi connectivity index (χ4v) is 3.14. The summed E-state index contributed by atoms with van der Waals surface area (Å²) in [5.74, 6) is 0.998. The molecule has 0 radical (unpaired) electrons. The Morgan fingerprint density at radius 2 is 1.60 bits per heavy atom. The van der Waals surface area contributed by atoms with E-state index in [0.29, 0.717) is 0 Å². The lowest BCUT2D eigenvalue weighted by molar-refractivity contribution is 0.311. The summed E-state index contributed by atoms with van der Waals surface area (Å²) in [5, 5.41) is 0. The molecule has 2 heterocycles. The van der Waals surface area contributed by atoms with Crippen LogP contribution in [0.2, 0.25) is 0 Å². The summed E-state index contributed by atoms with van der Waals surface area (Å²) in [6, 6.07) is 6.64. The molecule has 0 bridgehead atoms. The monoisotopic (exact) mass is 275 g/mol. The first-order valence-electron chi connectivity index (χ1n) is 7.64. The zero-order valence-corrected chi connectivity index (χ0v) is 12.6. The molecule has 0 aliphatic carbocycles. The topological polar surface area (TPSA) is 19.0 Å². The largest absolute Gasteiger partial charge is 0.495 e. The highest BCUT2D eigenvalue weighted by molar-refractivity contribution is 5.67. The summed E-state index contributed by atoms with van der Waals surface area (Å²) < 4.78 is 5.57. The van der Waals surface area contributed by atoms with Crippen molar-refractivity contribution in [2.75, 3.05) is 63.2 Å². The summed E-state index contributed by atoms with van der Waals surface area (Å²) in [6.07, 6.45) is 2.63. The number of hydrogen-bond donors (Lipinski definition) is 0. The minimum atomic E-state index is 0.998. The highest BCUT2D eigenvalue weighted by atomic mass is 16.5. The van der Waals surface area contributed by atoms with Crippen molar-refractivity contribution in [2.24, 2.45) is 0 Å². The fraction of sp³-hybridized carbons (Fsp3) is 0.625. The number of ether oxygens (including phenoxy) is 1. The lowest BCUT2D eigenvalue weighted by Crippen LogP contribution is -2.44. The van der Waals surface area contributed by atoms with Gasteiger partial charge in [-0.1, -0.05) is 0 Å². The predicted molar refractivity (Wildman–Crippen MR) is 84.2 cm³/mol. The number of rotatable bonds is 3. The van der Waals surface area contributed by atoms with Gasteiger partial charge < -0.3 is 19.4 Å². The van der Waals surface area contributed by atoms with Crippen LogP contribution in [0.25, 0.3) is 0 Å². The zero-order chi connectivity index (χ0) is 13.9. The summed E-state index contributed by atoms with van der Waals surface area (Å²) in [7, 11) is 3.96. The van der Waals surface area contributed by atoms with Gasteiger partial charge in [0.05, 0.1) is 12.8 Å². The van der Waals surface area contributed by atoms with E-state index in [1.165, 1.54) is 37.3 Å². The van der Waals surface area contributed by atoms with Crippen LogP contribution in [0.4, 0.5) is 11.4 Å². The maximum Gasteiger partial charge on any atom is 0.142 e. The molecule has 0 spiro atoms. The molecule has 0 atom stereocenters. The number of hydrogen-bond acceptors (Lipinski definition) is 4. The average Bonchev–Trinajstić information content (AvgIpc) is 3.02. The van der Waals surface area contributed by atoms with Crippen LogP contribution in [-0.4, -0.2) is 58.3 Å². The van der Waals surface area contributed by atoms with Crippen LogP contribution in [0.15, 0.2) is 18.2 Å². The number of benzene rings is 1. The maximum absolute atomic E-state index is 5.57. The van der Waals surface area contributed by atoms with E-state index >= 15 is 0 Å². The lowest BCUT2D eigenvalue weighted by atomic mass is 10.2. The maximum atomic E-state index is 5.57. The lowest BCUT2D eigenvalue weighted by Gasteiger charge is -2.35. The van der Waals surface area contributed by atoms with E-state index < -0.39 is 0 Å². The molecule has 20 heavy (non-hydrogen) atoms. The average molecular weight is 275 g/mol. The predicted octanol–water partition coefficient (Wildman–Crippen LogP) is 2.05. The molecule has 0 amide bonds. The van der Waals surface area contributed by atoms with E-state index in [0.717, 1.165) is 31.9 Å². The minimum Gasteiger partial charge on any atom is -0.495 e. The molecular weight excluding hydrogens is 250 g/mol. The van der Waals surface area contributed by atoms with Crippen molar-refractivity contribution in [3.8, 4) is 5.75 Å². The van der Waals surface area contributed by atoms with Gasteiger partial charge in [0.15, 0.2) is 0 Å². The normalized spacial score (nSPS) is 20.5. The van der Waals surface area contributed by atoms with Crippen molar-refractivity contribution in [3.05, 3.63) is 18.2 Å². The summed E-state index contributed by atoms with van der Waals surface area (Å²) >= 11 is 0. The first-order chi connectivity index (χ1) is 9.78. The van der Waals surface area contributed by atoms with Crippen LogP contribution in [-0.2, 0) is 0 Å². The van der Waals surface area contributed by atoms with Crippen LogP contribution in [0.5, 0.6) is 5.75 Å². The molecule has 4 nitrogen and oxygen atoms in total. The molecule has 0 aromatic heterocycles. The highest BCUT2D eigenvalue weighted by Gasteiger charge is 2.20. The minimum absolute atomic E-state index is 0.998. The SMILES string of the molecule is COc1ccc(N2CCCC2)cc1N1CCN(C)CC1. The quantitative estimate of drug-likeness (QED) is 0.840. The molecular formula is C16H25N3O. The van der Waals surface area contributed by atoms with Crippen LogP contribution in [0, 0.1) is 0 Å². The van der Waals surface area contributed by atoms with Gasteiger partial charge in [0.1, 0.15) is 5.75 Å². The molecule has 2 aliphatic rings. The number of nitrogens with zero attached hydrogens (tertiary/aromatic N) is 3. The molecule has 1 aromatic rings. The third-order valence-corrected chi connectivity index (χ3v) is 4.48. The van der Waals surface area contributed by atoms with E-state index in [9.17, 15) is 0 Å². The van der Waals surface area contributed by atoms with Gasteiger partial charge in [-0.25, -0.2) is 0 Å². The number of methoxy groups -OCH3 is 1. The Hall–Kier alpha value is -1.42. The van der Waals surface area contributed by atoms with Gasteiger partial charge in [-0.2, -0.15) is 0 Å². The number of piperazine rings is 1. The first kappa shape index (κ1) is 13.6. The van der Waals surface area contributed by atoms with E-state index in [2.05, 4.69) is 39.9 Å². The molecule has 1 aromatic carbocycles. The molecule has 2 aliphatic heterocycles. The van der Waals surface area contributed by atoms with Crippen LogP contribution < -0.4 is 14.5 Å². The second-order valence-electron chi connectivity index (χ2n) is 5.84. The van der Waals surface area contributed by atoms with Crippen molar-refractivity contribution < 1.29 is 4.74 Å². The van der Waals surface area contributed by atoms with Crippen molar-refractivity contribution in [1.82, 2.24) is 4.90 Å². The summed E-state index contributed by atoms with van der Waals surface area (Å²) in [6.45, 7) is 6.78. The van der Waals surface area contributed by atoms with E-state index in [4.69, 9.17) is 4.74 Å². The third-order valence-electron chi connectivity index (χ3n) is 4.48. The fourth-order valence-electron chi connectivity index (χ4n) is 3.14. The van der Waals surface area contributed by atoms with Crippen molar-refractivity contribution in [1.29, 1.82) is 0 Å². The molecule has 110 valence electrons. The Labute approximate surface area is 121 Å². The Morgan fingerprint density at radius 1 is 0.900 bits per heavy atom. The van der Waals surface area contributed by atoms with Crippen molar-refractivity contribution in [2.45, 2.75) is 12.8 Å². The van der Waals surface area contributed by atoms with E-state index in [-0.39, 0.29) is 0 Å². The van der Waals surface area contributed by atoms with Crippen LogP contribution in [0.3, 0.4) is 0 Å². The number of anilines is 2. The Balaban J connectivity index is 1.84. The van der Waals surface area contributed by atoms with Crippen LogP contribution in [0.1, 0.15) is 12.8 Å². The second kappa shape index (κ2) is 5.92. The smallest absolute Gasteiger partial charge is 0.142 e. The van der Waals surface area contributed by atoms with Gasteiger partial charge in [0, 0.05) is 45.0 Å². The highest BCUT2D eigenvalue weighted by Crippen LogP contribution is 2.34. The molecule has 0 saturated carbocycles. The second-order valence-corrected chi connectivity index (χ2v) is 5.84. The van der Waals surface area contributed by atoms with Crippen molar-refractivity contribution in [3.63, 3.8) is 0 Å². The van der Waals surface area contributed by atoms with Crippen molar-refractivity contribution >= 4 is 11.4 Å². The van der Waals surface area contributed by atoms with Gasteiger partial charge in [0.25, 0.3) is 0 Å². The van der Waals surface area contributed by atoms with Gasteiger partial charge >= 0.3 is 0 Å². The summed E-state index contributed by atoms with van der Waals surface area (Å²) in [4.78, 5) is 7.32. The molecule has 2 fully saturated rings. The van der Waals surface area contributed by atoms with Gasteiger partial charge in [-0.15, -0.1) is 0 Å². The number of likely N-dealkylation sites (N-methyl/N-ethyl adjacent to an activating group) is 1. The Kier molecular flexibility index (Phi) is 4.01. The molecule has 2 saturated heterocycles. The molecule has 0 unspecified atom stereocenters. The summed E-state index contributed by atoms with van der Waals surface area (Å²) in [5.41, 5.74) is 2.60. The Morgan fingerprint density at radius 3 is 2.25 bits per heavy atom. The van der Waals surface area contributed by atoms with Crippen LogP contribution >= 0.6 is 0 Å². The van der Waals surface area contributed by atoms with E-state index in [1.807, 2.05) is 0 Å². The third kappa shape index (κ3) is 2.70. The molecule has 3 rings (SSSR count). The zero-order valence-electron chi connectivity index (χ0n) is 12.6. The van der Waals surface area contributed by atoms with Gasteiger partial charge in [0.2, 0.25) is 0 Å².